The van der Waals surface area contributed by atoms with Gasteiger partial charge in [-0.05, 0) is 18.9 Å². The van der Waals surface area contributed by atoms with Gasteiger partial charge in [0.15, 0.2) is 0 Å². The van der Waals surface area contributed by atoms with Gasteiger partial charge >= 0.3 is 0 Å². The smallest absolute Gasteiger partial charge is 0.239 e. The molecular formula is C18H27N3O2. The summed E-state index contributed by atoms with van der Waals surface area (Å²) in [7, 11) is 0. The first kappa shape index (κ1) is 17.5. The van der Waals surface area contributed by atoms with Gasteiger partial charge in [-0.1, -0.05) is 43.7 Å². The van der Waals surface area contributed by atoms with Crippen molar-refractivity contribution in [2.45, 2.75) is 45.2 Å². The van der Waals surface area contributed by atoms with E-state index >= 15 is 0 Å². The third-order valence-electron chi connectivity index (χ3n) is 4.35. The Hall–Kier alpha value is -1.88. The van der Waals surface area contributed by atoms with Crippen molar-refractivity contribution in [3.8, 4) is 0 Å². The number of nitrogens with one attached hydrogen (secondary N) is 1. The summed E-state index contributed by atoms with van der Waals surface area (Å²) < 4.78 is 0. The molecule has 3 N–H and O–H groups in total. The second-order valence-electron chi connectivity index (χ2n) is 6.71. The molecule has 2 atom stereocenters. The highest BCUT2D eigenvalue weighted by atomic mass is 16.2. The van der Waals surface area contributed by atoms with Gasteiger partial charge in [-0.25, -0.2) is 0 Å². The van der Waals surface area contributed by atoms with E-state index in [9.17, 15) is 9.59 Å². The zero-order valence-electron chi connectivity index (χ0n) is 14.0. The number of nitrogens with two attached hydrogens (primary N) is 1. The highest BCUT2D eigenvalue weighted by Crippen LogP contribution is 2.20. The van der Waals surface area contributed by atoms with Crippen LogP contribution in [0.2, 0.25) is 0 Å². The third-order valence-corrected chi connectivity index (χ3v) is 4.35. The molecule has 1 fully saturated rings. The van der Waals surface area contributed by atoms with E-state index in [2.05, 4.69) is 5.32 Å². The van der Waals surface area contributed by atoms with Crippen LogP contribution in [0.1, 0.15) is 38.7 Å². The maximum Gasteiger partial charge on any atom is 0.239 e. The maximum atomic E-state index is 12.1. The summed E-state index contributed by atoms with van der Waals surface area (Å²) in [4.78, 5) is 26.1. The Kier molecular flexibility index (Phi) is 5.77. The van der Waals surface area contributed by atoms with Crippen LogP contribution in [0.25, 0.3) is 0 Å². The van der Waals surface area contributed by atoms with Crippen LogP contribution in [0.3, 0.4) is 0 Å². The van der Waals surface area contributed by atoms with Gasteiger partial charge in [0, 0.05) is 32.0 Å². The number of hydrogen-bond acceptors (Lipinski definition) is 3. The highest BCUT2D eigenvalue weighted by Gasteiger charge is 2.32. The summed E-state index contributed by atoms with van der Waals surface area (Å²) in [6.45, 7) is 5.59. The zero-order chi connectivity index (χ0) is 16.9. The predicted octanol–water partition coefficient (Wildman–Crippen LogP) is 1.67. The number of nitrogens with zero attached hydrogens (tertiary/aromatic N) is 1. The SMILES string of the molecule is CCCC(C)(N)C(=O)NCC1CC(=O)N(Cc2ccccc2)C1. The van der Waals surface area contributed by atoms with Crippen molar-refractivity contribution in [1.82, 2.24) is 10.2 Å². The molecule has 2 amide bonds. The summed E-state index contributed by atoms with van der Waals surface area (Å²) in [5, 5.41) is 2.91. The van der Waals surface area contributed by atoms with E-state index in [1.165, 1.54) is 0 Å². The fourth-order valence-corrected chi connectivity index (χ4v) is 3.02. The molecule has 1 aliphatic heterocycles. The van der Waals surface area contributed by atoms with Crippen molar-refractivity contribution >= 4 is 11.8 Å². The summed E-state index contributed by atoms with van der Waals surface area (Å²) in [5.41, 5.74) is 6.32. The van der Waals surface area contributed by atoms with Crippen LogP contribution in [-0.4, -0.2) is 35.3 Å². The number of amides is 2. The molecule has 0 saturated carbocycles. The first-order chi connectivity index (χ1) is 10.9. The number of carbonyl (C=O) groups excluding carboxylic acids is 2. The molecule has 5 heteroatoms. The number of hydrogen-bond donors (Lipinski definition) is 2. The lowest BCUT2D eigenvalue weighted by Crippen LogP contribution is -2.52. The number of likely N-dealkylation sites (tertiary alicyclic amines) is 1. The van der Waals surface area contributed by atoms with E-state index in [0.29, 0.717) is 32.5 Å². The minimum Gasteiger partial charge on any atom is -0.354 e. The van der Waals surface area contributed by atoms with E-state index in [-0.39, 0.29) is 17.7 Å². The molecule has 1 aromatic carbocycles. The molecule has 0 radical (unpaired) electrons. The van der Waals surface area contributed by atoms with Gasteiger partial charge in [0.25, 0.3) is 0 Å². The quantitative estimate of drug-likeness (QED) is 0.803. The standard InChI is InChI=1S/C18H27N3O2/c1-3-9-18(2,19)17(23)20-11-15-10-16(22)21(13-15)12-14-7-5-4-6-8-14/h4-8,15H,3,9-13,19H2,1-2H3,(H,20,23). The second-order valence-corrected chi connectivity index (χ2v) is 6.71. The summed E-state index contributed by atoms with van der Waals surface area (Å²) in [5.74, 6) is 0.179. The lowest BCUT2D eigenvalue weighted by Gasteiger charge is -2.24. The molecular weight excluding hydrogens is 290 g/mol. The topological polar surface area (TPSA) is 75.4 Å². The molecule has 1 saturated heterocycles. The Morgan fingerprint density at radius 3 is 2.74 bits per heavy atom. The van der Waals surface area contributed by atoms with Gasteiger partial charge < -0.3 is 16.0 Å². The Labute approximate surface area is 138 Å². The Bertz CT molecular complexity index is 542. The largest absolute Gasteiger partial charge is 0.354 e. The van der Waals surface area contributed by atoms with E-state index in [4.69, 9.17) is 5.73 Å². The molecule has 5 nitrogen and oxygen atoms in total. The van der Waals surface area contributed by atoms with Crippen LogP contribution in [0.15, 0.2) is 30.3 Å². The van der Waals surface area contributed by atoms with Gasteiger partial charge in [-0.2, -0.15) is 0 Å². The molecule has 2 rings (SSSR count). The van der Waals surface area contributed by atoms with Gasteiger partial charge in [-0.15, -0.1) is 0 Å². The molecule has 23 heavy (non-hydrogen) atoms. The van der Waals surface area contributed by atoms with Crippen molar-refractivity contribution in [2.24, 2.45) is 11.7 Å². The number of carbonyl (C=O) groups is 2. The molecule has 1 aromatic rings. The van der Waals surface area contributed by atoms with Crippen LogP contribution in [0.5, 0.6) is 0 Å². The molecule has 0 spiro atoms. The summed E-state index contributed by atoms with van der Waals surface area (Å²) >= 11 is 0. The fourth-order valence-electron chi connectivity index (χ4n) is 3.02. The number of benzene rings is 1. The van der Waals surface area contributed by atoms with E-state index in [1.807, 2.05) is 42.2 Å². The first-order valence-corrected chi connectivity index (χ1v) is 8.31. The number of rotatable bonds is 7. The highest BCUT2D eigenvalue weighted by molar-refractivity contribution is 5.85. The van der Waals surface area contributed by atoms with Gasteiger partial charge in [-0.3, -0.25) is 9.59 Å². The van der Waals surface area contributed by atoms with Crippen LogP contribution >= 0.6 is 0 Å². The lowest BCUT2D eigenvalue weighted by molar-refractivity contribution is -0.128. The van der Waals surface area contributed by atoms with E-state index in [1.54, 1.807) is 6.92 Å². The van der Waals surface area contributed by atoms with Crippen LogP contribution in [0, 0.1) is 5.92 Å². The molecule has 0 aromatic heterocycles. The normalized spacial score (nSPS) is 20.4. The van der Waals surface area contributed by atoms with Crippen molar-refractivity contribution in [3.63, 3.8) is 0 Å². The van der Waals surface area contributed by atoms with Crippen LogP contribution in [-0.2, 0) is 16.1 Å². The van der Waals surface area contributed by atoms with Gasteiger partial charge in [0.2, 0.25) is 11.8 Å². The van der Waals surface area contributed by atoms with Crippen molar-refractivity contribution in [2.75, 3.05) is 13.1 Å². The molecule has 1 aliphatic rings. The van der Waals surface area contributed by atoms with Crippen LogP contribution in [0.4, 0.5) is 0 Å². The lowest BCUT2D eigenvalue weighted by atomic mass is 9.96. The van der Waals surface area contributed by atoms with Gasteiger partial charge in [0.05, 0.1) is 5.54 Å². The first-order valence-electron chi connectivity index (χ1n) is 8.31. The maximum absolute atomic E-state index is 12.1. The zero-order valence-corrected chi connectivity index (χ0v) is 14.0. The Morgan fingerprint density at radius 1 is 1.39 bits per heavy atom. The summed E-state index contributed by atoms with van der Waals surface area (Å²) in [6, 6.07) is 9.96. The van der Waals surface area contributed by atoms with E-state index in [0.717, 1.165) is 12.0 Å². The van der Waals surface area contributed by atoms with Gasteiger partial charge in [0.1, 0.15) is 0 Å². The van der Waals surface area contributed by atoms with E-state index < -0.39 is 5.54 Å². The average molecular weight is 317 g/mol. The monoisotopic (exact) mass is 317 g/mol. The van der Waals surface area contributed by atoms with Crippen LogP contribution < -0.4 is 11.1 Å². The van der Waals surface area contributed by atoms with Crippen molar-refractivity contribution in [3.05, 3.63) is 35.9 Å². The minimum absolute atomic E-state index is 0.131. The molecule has 0 bridgehead atoms. The summed E-state index contributed by atoms with van der Waals surface area (Å²) in [6.07, 6.45) is 2.01. The third kappa shape index (κ3) is 4.79. The van der Waals surface area contributed by atoms with Crippen molar-refractivity contribution < 1.29 is 9.59 Å². The Morgan fingerprint density at radius 2 is 2.09 bits per heavy atom. The minimum atomic E-state index is -0.832. The predicted molar refractivity (Wildman–Crippen MR) is 90.5 cm³/mol. The second kappa shape index (κ2) is 7.59. The average Bonchev–Trinajstić information content (AvgIpc) is 2.86. The molecule has 126 valence electrons. The molecule has 1 heterocycles. The fraction of sp³-hybridized carbons (Fsp3) is 0.556. The Balaban J connectivity index is 1.82. The van der Waals surface area contributed by atoms with Crippen molar-refractivity contribution in [1.29, 1.82) is 0 Å². The molecule has 0 aliphatic carbocycles. The molecule has 2 unspecified atom stereocenters.